The van der Waals surface area contributed by atoms with E-state index in [4.69, 9.17) is 16.9 Å². The summed E-state index contributed by atoms with van der Waals surface area (Å²) in [4.78, 5) is 0. The van der Waals surface area contributed by atoms with E-state index >= 15 is 0 Å². The van der Waals surface area contributed by atoms with Crippen molar-refractivity contribution in [1.82, 2.24) is 14.2 Å². The molecule has 0 atom stereocenters. The minimum Gasteiger partial charge on any atom is -0.370 e. The van der Waals surface area contributed by atoms with Crippen LogP contribution in [0.2, 0.25) is 5.15 Å². The lowest BCUT2D eigenvalue weighted by Crippen LogP contribution is -2.01. The average Bonchev–Trinajstić information content (AvgIpc) is 2.82. The van der Waals surface area contributed by atoms with Gasteiger partial charge in [0.25, 0.3) is 0 Å². The normalized spacial score (nSPS) is 10.2. The summed E-state index contributed by atoms with van der Waals surface area (Å²) in [5.41, 5.74) is 2.57. The second kappa shape index (κ2) is 4.73. The van der Waals surface area contributed by atoms with E-state index in [-0.39, 0.29) is 5.15 Å². The predicted octanol–water partition coefficient (Wildman–Crippen LogP) is 2.32. The molecule has 0 radical (unpaired) electrons. The maximum Gasteiger partial charge on any atom is 0.162 e. The van der Waals surface area contributed by atoms with Crippen LogP contribution >= 0.6 is 23.1 Å². The molecule has 0 aliphatic carbocycles. The van der Waals surface area contributed by atoms with Crippen molar-refractivity contribution in [3.8, 4) is 6.07 Å². The molecule has 1 N–H and O–H groups in total. The zero-order chi connectivity index (χ0) is 12.4. The molecule has 2 aromatic heterocycles. The zero-order valence-corrected chi connectivity index (χ0v) is 10.9. The molecule has 17 heavy (non-hydrogen) atoms. The number of hydrogen-bond acceptors (Lipinski definition) is 5. The highest BCUT2D eigenvalue weighted by atomic mass is 35.5. The Morgan fingerprint density at radius 3 is 3.00 bits per heavy atom. The Labute approximate surface area is 108 Å². The lowest BCUT2D eigenvalue weighted by Gasteiger charge is -2.03. The maximum atomic E-state index is 8.92. The Morgan fingerprint density at radius 1 is 1.65 bits per heavy atom. The summed E-state index contributed by atoms with van der Waals surface area (Å²) >= 11 is 6.97. The van der Waals surface area contributed by atoms with Gasteiger partial charge in [-0.2, -0.15) is 14.7 Å². The van der Waals surface area contributed by atoms with E-state index in [0.717, 1.165) is 11.3 Å². The Bertz CT molecular complexity index is 580. The van der Waals surface area contributed by atoms with Gasteiger partial charge in [0.2, 0.25) is 0 Å². The van der Waals surface area contributed by atoms with E-state index in [2.05, 4.69) is 14.8 Å². The second-order valence-electron chi connectivity index (χ2n) is 3.52. The van der Waals surface area contributed by atoms with Crippen LogP contribution in [0.4, 0.5) is 5.00 Å². The molecule has 0 bridgehead atoms. The molecule has 88 valence electrons. The summed E-state index contributed by atoms with van der Waals surface area (Å²) in [6.07, 6.45) is 1.80. The highest BCUT2D eigenvalue weighted by molar-refractivity contribution is 7.10. The summed E-state index contributed by atoms with van der Waals surface area (Å²) in [6, 6.07) is 2.03. The molecule has 0 fully saturated rings. The van der Waals surface area contributed by atoms with Crippen molar-refractivity contribution in [3.63, 3.8) is 0 Å². The molecule has 0 aliphatic heterocycles. The zero-order valence-electron chi connectivity index (χ0n) is 9.36. The maximum absolute atomic E-state index is 8.92. The van der Waals surface area contributed by atoms with Crippen LogP contribution < -0.4 is 5.32 Å². The molecule has 0 saturated carbocycles. The van der Waals surface area contributed by atoms with Crippen LogP contribution in [0.3, 0.4) is 0 Å². The second-order valence-corrected chi connectivity index (χ2v) is 4.65. The molecular formula is C10H10ClN5S. The van der Waals surface area contributed by atoms with Crippen LogP contribution in [-0.4, -0.2) is 14.2 Å². The van der Waals surface area contributed by atoms with Crippen LogP contribution in [-0.2, 0) is 13.6 Å². The minimum atomic E-state index is 0.253. The molecule has 0 saturated heterocycles. The van der Waals surface area contributed by atoms with E-state index in [1.165, 1.54) is 11.5 Å². The summed E-state index contributed by atoms with van der Waals surface area (Å²) in [5, 5.41) is 17.2. The SMILES string of the molecule is Cc1c(CNc2snc(Cl)c2C#N)cnn1C. The smallest absolute Gasteiger partial charge is 0.162 e. The molecule has 2 heterocycles. The van der Waals surface area contributed by atoms with Crippen LogP contribution in [0.5, 0.6) is 0 Å². The number of rotatable bonds is 3. The number of anilines is 1. The van der Waals surface area contributed by atoms with Gasteiger partial charge in [0, 0.05) is 24.8 Å². The lowest BCUT2D eigenvalue weighted by molar-refractivity contribution is 0.738. The van der Waals surface area contributed by atoms with E-state index in [9.17, 15) is 0 Å². The summed E-state index contributed by atoms with van der Waals surface area (Å²) in [5.74, 6) is 0. The molecule has 2 rings (SSSR count). The monoisotopic (exact) mass is 267 g/mol. The predicted molar refractivity (Wildman–Crippen MR) is 67.1 cm³/mol. The third kappa shape index (κ3) is 2.25. The van der Waals surface area contributed by atoms with E-state index in [1.54, 1.807) is 6.20 Å². The van der Waals surface area contributed by atoms with Crippen molar-refractivity contribution >= 4 is 28.1 Å². The largest absolute Gasteiger partial charge is 0.370 e. The highest BCUT2D eigenvalue weighted by Gasteiger charge is 2.12. The Morgan fingerprint density at radius 2 is 2.41 bits per heavy atom. The molecule has 0 unspecified atom stereocenters. The van der Waals surface area contributed by atoms with Gasteiger partial charge in [0.1, 0.15) is 16.6 Å². The molecule has 2 aromatic rings. The fraction of sp³-hybridized carbons (Fsp3) is 0.300. The van der Waals surface area contributed by atoms with Gasteiger partial charge in [-0.3, -0.25) is 4.68 Å². The highest BCUT2D eigenvalue weighted by Crippen LogP contribution is 2.27. The van der Waals surface area contributed by atoms with Crippen LogP contribution in [0.15, 0.2) is 6.20 Å². The summed E-state index contributed by atoms with van der Waals surface area (Å²) < 4.78 is 5.74. The molecule has 7 heteroatoms. The van der Waals surface area contributed by atoms with Gasteiger partial charge in [-0.1, -0.05) is 11.6 Å². The standard InChI is InChI=1S/C10H10ClN5S/c1-6-7(5-14-16(6)2)4-13-10-8(3-12)9(11)15-17-10/h5,13H,4H2,1-2H3. The molecule has 0 amide bonds. The van der Waals surface area contributed by atoms with Gasteiger partial charge in [0.15, 0.2) is 5.15 Å². The van der Waals surface area contributed by atoms with Crippen molar-refractivity contribution in [2.75, 3.05) is 5.32 Å². The van der Waals surface area contributed by atoms with Gasteiger partial charge >= 0.3 is 0 Å². The fourth-order valence-corrected chi connectivity index (χ4v) is 2.31. The van der Waals surface area contributed by atoms with Gasteiger partial charge in [-0.25, -0.2) is 0 Å². The van der Waals surface area contributed by atoms with Crippen molar-refractivity contribution < 1.29 is 0 Å². The van der Waals surface area contributed by atoms with E-state index in [1.807, 2.05) is 24.7 Å². The topological polar surface area (TPSA) is 66.5 Å². The number of nitrogens with zero attached hydrogens (tertiary/aromatic N) is 4. The number of halogens is 1. The van der Waals surface area contributed by atoms with Gasteiger partial charge < -0.3 is 5.32 Å². The van der Waals surface area contributed by atoms with E-state index in [0.29, 0.717) is 17.1 Å². The first-order valence-corrected chi connectivity index (χ1v) is 6.05. The number of hydrogen-bond donors (Lipinski definition) is 1. The van der Waals surface area contributed by atoms with E-state index < -0.39 is 0 Å². The molecule has 5 nitrogen and oxygen atoms in total. The average molecular weight is 268 g/mol. The molecule has 0 aromatic carbocycles. The summed E-state index contributed by atoms with van der Waals surface area (Å²) in [7, 11) is 1.89. The van der Waals surface area contributed by atoms with Crippen molar-refractivity contribution in [3.05, 3.63) is 28.2 Å². The minimum absolute atomic E-state index is 0.253. The third-order valence-electron chi connectivity index (χ3n) is 2.54. The summed E-state index contributed by atoms with van der Waals surface area (Å²) in [6.45, 7) is 2.60. The number of nitrogens with one attached hydrogen (secondary N) is 1. The molecular weight excluding hydrogens is 258 g/mol. The first kappa shape index (κ1) is 11.9. The molecule has 0 spiro atoms. The first-order chi connectivity index (χ1) is 8.13. The quantitative estimate of drug-likeness (QED) is 0.927. The number of aryl methyl sites for hydroxylation is 1. The van der Waals surface area contributed by atoms with Crippen molar-refractivity contribution in [1.29, 1.82) is 5.26 Å². The Hall–Kier alpha value is -1.58. The van der Waals surface area contributed by atoms with Gasteiger partial charge in [-0.05, 0) is 18.5 Å². The van der Waals surface area contributed by atoms with Crippen LogP contribution in [0, 0.1) is 18.3 Å². The number of aromatic nitrogens is 3. The lowest BCUT2D eigenvalue weighted by atomic mass is 10.2. The molecule has 0 aliphatic rings. The van der Waals surface area contributed by atoms with Gasteiger partial charge in [0.05, 0.1) is 6.20 Å². The Balaban J connectivity index is 2.13. The van der Waals surface area contributed by atoms with Crippen LogP contribution in [0.1, 0.15) is 16.8 Å². The van der Waals surface area contributed by atoms with Gasteiger partial charge in [-0.15, -0.1) is 0 Å². The van der Waals surface area contributed by atoms with Crippen molar-refractivity contribution in [2.24, 2.45) is 7.05 Å². The first-order valence-electron chi connectivity index (χ1n) is 4.90. The number of nitriles is 1. The fourth-order valence-electron chi connectivity index (χ4n) is 1.38. The van der Waals surface area contributed by atoms with Crippen LogP contribution in [0.25, 0.3) is 0 Å². The third-order valence-corrected chi connectivity index (χ3v) is 3.72. The van der Waals surface area contributed by atoms with Crippen molar-refractivity contribution in [2.45, 2.75) is 13.5 Å². The Kier molecular flexibility index (Phi) is 3.31.